The van der Waals surface area contributed by atoms with E-state index in [-0.39, 0.29) is 12.2 Å². The largest absolute Gasteiger partial charge is 0.352 e. The zero-order valence-corrected chi connectivity index (χ0v) is 8.17. The number of ketones is 2. The Morgan fingerprint density at radius 3 is 2.69 bits per heavy atom. The number of rotatable bonds is 1. The molecule has 1 saturated heterocycles. The summed E-state index contributed by atoms with van der Waals surface area (Å²) in [7, 11) is 0. The van der Waals surface area contributed by atoms with Gasteiger partial charge >= 0.3 is 0 Å². The van der Waals surface area contributed by atoms with Crippen LogP contribution in [-0.4, -0.2) is 28.0 Å². The molecule has 0 spiro atoms. The van der Waals surface area contributed by atoms with Gasteiger partial charge in [-0.2, -0.15) is 0 Å². The highest BCUT2D eigenvalue weighted by molar-refractivity contribution is 6.26. The van der Waals surface area contributed by atoms with Crippen LogP contribution < -0.4 is 0 Å². The van der Waals surface area contributed by atoms with Crippen LogP contribution in [0.5, 0.6) is 0 Å². The zero-order valence-electron chi connectivity index (χ0n) is 7.41. The quantitative estimate of drug-likeness (QED) is 0.500. The van der Waals surface area contributed by atoms with E-state index < -0.39 is 23.1 Å². The second-order valence-corrected chi connectivity index (χ2v) is 3.79. The standard InChI is InChI=1S/C8H11ClO4/c1-4-3-6(11)7(5(2)10)8(9,12)13-4/h4,7,12H,3H2,1-2H3. The Labute approximate surface area is 80.8 Å². The molecule has 74 valence electrons. The normalized spacial score (nSPS) is 40.5. The van der Waals surface area contributed by atoms with Crippen LogP contribution in [0.2, 0.25) is 0 Å². The predicted molar refractivity (Wildman–Crippen MR) is 45.1 cm³/mol. The maximum Gasteiger partial charge on any atom is 0.263 e. The lowest BCUT2D eigenvalue weighted by atomic mass is 9.92. The molecule has 0 bridgehead atoms. The highest BCUT2D eigenvalue weighted by atomic mass is 35.5. The lowest BCUT2D eigenvalue weighted by molar-refractivity contribution is -0.215. The first kappa shape index (κ1) is 10.6. The topological polar surface area (TPSA) is 63.6 Å². The van der Waals surface area contributed by atoms with Crippen molar-refractivity contribution in [2.75, 3.05) is 0 Å². The number of ether oxygens (including phenoxy) is 1. The van der Waals surface area contributed by atoms with Gasteiger partial charge in [-0.1, -0.05) is 11.6 Å². The number of hydrogen-bond acceptors (Lipinski definition) is 4. The van der Waals surface area contributed by atoms with E-state index in [2.05, 4.69) is 0 Å². The second kappa shape index (κ2) is 3.36. The van der Waals surface area contributed by atoms with E-state index in [0.717, 1.165) is 0 Å². The number of Topliss-reactive ketones (excluding diaryl/α,β-unsaturated/α-hetero) is 2. The van der Waals surface area contributed by atoms with Gasteiger partial charge in [-0.15, -0.1) is 0 Å². The van der Waals surface area contributed by atoms with Crippen molar-refractivity contribution in [2.24, 2.45) is 5.92 Å². The monoisotopic (exact) mass is 206 g/mol. The van der Waals surface area contributed by atoms with Crippen LogP contribution in [0.1, 0.15) is 20.3 Å². The molecule has 0 amide bonds. The molecule has 3 atom stereocenters. The van der Waals surface area contributed by atoms with Crippen molar-refractivity contribution in [2.45, 2.75) is 31.6 Å². The number of carbonyl (C=O) groups excluding carboxylic acids is 2. The molecule has 0 aliphatic carbocycles. The van der Waals surface area contributed by atoms with Crippen LogP contribution in [0, 0.1) is 5.92 Å². The van der Waals surface area contributed by atoms with Gasteiger partial charge in [0, 0.05) is 6.42 Å². The first-order valence-corrected chi connectivity index (χ1v) is 4.34. The molecule has 0 radical (unpaired) electrons. The van der Waals surface area contributed by atoms with Crippen molar-refractivity contribution in [1.29, 1.82) is 0 Å². The van der Waals surface area contributed by atoms with Gasteiger partial charge in [0.1, 0.15) is 11.7 Å². The maximum atomic E-state index is 11.3. The van der Waals surface area contributed by atoms with E-state index in [1.807, 2.05) is 0 Å². The average molecular weight is 207 g/mol. The van der Waals surface area contributed by atoms with Crippen molar-refractivity contribution >= 4 is 23.2 Å². The van der Waals surface area contributed by atoms with Gasteiger partial charge in [0.2, 0.25) is 0 Å². The molecule has 1 N–H and O–H groups in total. The Morgan fingerprint density at radius 2 is 2.31 bits per heavy atom. The Balaban J connectivity index is 2.92. The molecule has 0 aromatic heterocycles. The molecule has 0 aromatic carbocycles. The van der Waals surface area contributed by atoms with Gasteiger partial charge in [0.15, 0.2) is 5.78 Å². The van der Waals surface area contributed by atoms with E-state index in [0.29, 0.717) is 0 Å². The molecular formula is C8H11ClO4. The summed E-state index contributed by atoms with van der Waals surface area (Å²) in [5.41, 5.74) is 0. The van der Waals surface area contributed by atoms with Gasteiger partial charge in [0.25, 0.3) is 5.25 Å². The molecule has 5 heteroatoms. The summed E-state index contributed by atoms with van der Waals surface area (Å²) in [5.74, 6) is -2.11. The summed E-state index contributed by atoms with van der Waals surface area (Å²) in [4.78, 5) is 22.3. The second-order valence-electron chi connectivity index (χ2n) is 3.25. The summed E-state index contributed by atoms with van der Waals surface area (Å²) in [5, 5.41) is 7.28. The lowest BCUT2D eigenvalue weighted by Crippen LogP contribution is -2.50. The Hall–Kier alpha value is -0.450. The summed E-state index contributed by atoms with van der Waals surface area (Å²) < 4.78 is 4.90. The Kier molecular flexibility index (Phi) is 2.75. The predicted octanol–water partition coefficient (Wildman–Crippen LogP) is 0.454. The van der Waals surface area contributed by atoms with Gasteiger partial charge in [0.05, 0.1) is 6.10 Å². The van der Waals surface area contributed by atoms with Crippen molar-refractivity contribution in [3.05, 3.63) is 0 Å². The molecule has 13 heavy (non-hydrogen) atoms. The fourth-order valence-corrected chi connectivity index (χ4v) is 1.90. The highest BCUT2D eigenvalue weighted by Crippen LogP contribution is 2.33. The summed E-state index contributed by atoms with van der Waals surface area (Å²) in [6.45, 7) is 2.82. The first-order valence-electron chi connectivity index (χ1n) is 3.97. The molecule has 0 aromatic rings. The van der Waals surface area contributed by atoms with Crippen molar-refractivity contribution in [3.63, 3.8) is 0 Å². The SMILES string of the molecule is CC(=O)C1C(=O)CC(C)OC1(O)Cl. The number of alkyl halides is 1. The Morgan fingerprint density at radius 1 is 1.77 bits per heavy atom. The molecule has 1 aliphatic rings. The van der Waals surface area contributed by atoms with E-state index >= 15 is 0 Å². The molecule has 1 rings (SSSR count). The van der Waals surface area contributed by atoms with Gasteiger partial charge in [-0.3, -0.25) is 9.59 Å². The number of carbonyl (C=O) groups is 2. The Bertz CT molecular complexity index is 249. The fourth-order valence-electron chi connectivity index (χ4n) is 1.47. The van der Waals surface area contributed by atoms with E-state index in [1.54, 1.807) is 6.92 Å². The highest BCUT2D eigenvalue weighted by Gasteiger charge is 2.49. The zero-order chi connectivity index (χ0) is 10.2. The minimum absolute atomic E-state index is 0.110. The molecule has 1 heterocycles. The fraction of sp³-hybridized carbons (Fsp3) is 0.750. The number of halogens is 1. The minimum Gasteiger partial charge on any atom is -0.352 e. The van der Waals surface area contributed by atoms with Crippen molar-refractivity contribution < 1.29 is 19.4 Å². The van der Waals surface area contributed by atoms with E-state index in [1.165, 1.54) is 6.92 Å². The van der Waals surface area contributed by atoms with Gasteiger partial charge in [-0.25, -0.2) is 0 Å². The maximum absolute atomic E-state index is 11.3. The third kappa shape index (κ3) is 2.07. The number of hydrogen-bond donors (Lipinski definition) is 1. The van der Waals surface area contributed by atoms with E-state index in [9.17, 15) is 14.7 Å². The summed E-state index contributed by atoms with van der Waals surface area (Å²) in [6.07, 6.45) is -0.343. The van der Waals surface area contributed by atoms with Gasteiger partial charge in [-0.05, 0) is 13.8 Å². The molecule has 4 nitrogen and oxygen atoms in total. The van der Waals surface area contributed by atoms with Crippen LogP contribution in [-0.2, 0) is 14.3 Å². The smallest absolute Gasteiger partial charge is 0.263 e. The lowest BCUT2D eigenvalue weighted by Gasteiger charge is -2.35. The molecule has 1 aliphatic heterocycles. The third-order valence-corrected chi connectivity index (χ3v) is 2.25. The minimum atomic E-state index is -2.17. The number of aliphatic hydroxyl groups is 1. The van der Waals surface area contributed by atoms with Crippen LogP contribution >= 0.6 is 11.6 Å². The molecule has 3 unspecified atom stereocenters. The summed E-state index contributed by atoms with van der Waals surface area (Å²) >= 11 is 5.51. The van der Waals surface area contributed by atoms with Crippen LogP contribution in [0.25, 0.3) is 0 Å². The molecule has 1 fully saturated rings. The first-order chi connectivity index (χ1) is 5.84. The van der Waals surface area contributed by atoms with Crippen LogP contribution in [0.4, 0.5) is 0 Å². The molecule has 0 saturated carbocycles. The van der Waals surface area contributed by atoms with Gasteiger partial charge < -0.3 is 9.84 Å². The van der Waals surface area contributed by atoms with E-state index in [4.69, 9.17) is 16.3 Å². The summed E-state index contributed by atoms with van der Waals surface area (Å²) in [6, 6.07) is 0. The van der Waals surface area contributed by atoms with Crippen molar-refractivity contribution in [3.8, 4) is 0 Å². The van der Waals surface area contributed by atoms with Crippen LogP contribution in [0.15, 0.2) is 0 Å². The van der Waals surface area contributed by atoms with Crippen molar-refractivity contribution in [1.82, 2.24) is 0 Å². The average Bonchev–Trinajstić information content (AvgIpc) is 1.78. The third-order valence-electron chi connectivity index (χ3n) is 1.94. The molecular weight excluding hydrogens is 196 g/mol. The van der Waals surface area contributed by atoms with Crippen LogP contribution in [0.3, 0.4) is 0 Å².